The standard InChI is InChI=1S/C32H24N4O3/c37-31(33-20-21-10-14-25(15-11-21)32(38)39)28-18-27(23-6-2-1-3-7-23)19-30-35-34-29(36(28)30)17-22-12-13-24-8-4-5-9-26(24)16-22/h1-16,18-19H,17,20H2,(H,33,37)(H,38,39). The van der Waals surface area contributed by atoms with Gasteiger partial charge in [-0.2, -0.15) is 0 Å². The Balaban J connectivity index is 1.36. The van der Waals surface area contributed by atoms with Gasteiger partial charge >= 0.3 is 5.97 Å². The van der Waals surface area contributed by atoms with E-state index in [4.69, 9.17) is 5.11 Å². The monoisotopic (exact) mass is 512 g/mol. The van der Waals surface area contributed by atoms with Crippen LogP contribution in [-0.2, 0) is 13.0 Å². The summed E-state index contributed by atoms with van der Waals surface area (Å²) in [6.45, 7) is 0.248. The molecular formula is C32H24N4O3. The summed E-state index contributed by atoms with van der Waals surface area (Å²) in [7, 11) is 0. The number of rotatable bonds is 7. The van der Waals surface area contributed by atoms with Crippen LogP contribution in [0.1, 0.15) is 37.8 Å². The van der Waals surface area contributed by atoms with Crippen LogP contribution in [-0.4, -0.2) is 31.6 Å². The molecule has 0 bridgehead atoms. The van der Waals surface area contributed by atoms with Gasteiger partial charge in [-0.15, -0.1) is 10.2 Å². The highest BCUT2D eigenvalue weighted by Crippen LogP contribution is 2.25. The topological polar surface area (TPSA) is 96.6 Å². The number of aromatic carboxylic acids is 1. The van der Waals surface area contributed by atoms with Crippen molar-refractivity contribution in [3.63, 3.8) is 0 Å². The SMILES string of the molecule is O=C(O)c1ccc(CNC(=O)c2cc(-c3ccccc3)cc3nnc(Cc4ccc5ccccc5c4)n23)cc1. The molecule has 0 atom stereocenters. The molecule has 2 aromatic heterocycles. The lowest BCUT2D eigenvalue weighted by Crippen LogP contribution is -2.25. The van der Waals surface area contributed by atoms with E-state index in [0.29, 0.717) is 23.6 Å². The number of amides is 1. The van der Waals surface area contributed by atoms with Gasteiger partial charge < -0.3 is 10.4 Å². The van der Waals surface area contributed by atoms with Crippen LogP contribution in [0.2, 0.25) is 0 Å². The molecule has 4 aromatic carbocycles. The Morgan fingerprint density at radius 1 is 0.718 bits per heavy atom. The number of carboxylic acid groups (broad SMARTS) is 1. The average Bonchev–Trinajstić information content (AvgIpc) is 3.38. The van der Waals surface area contributed by atoms with Crippen LogP contribution in [0.25, 0.3) is 27.5 Å². The van der Waals surface area contributed by atoms with Crippen LogP contribution >= 0.6 is 0 Å². The van der Waals surface area contributed by atoms with E-state index in [1.54, 1.807) is 12.1 Å². The summed E-state index contributed by atoms with van der Waals surface area (Å²) in [5.41, 5.74) is 4.91. The van der Waals surface area contributed by atoms with Crippen molar-refractivity contribution in [1.82, 2.24) is 19.9 Å². The highest BCUT2D eigenvalue weighted by molar-refractivity contribution is 5.95. The Bertz CT molecular complexity index is 1830. The molecule has 0 aliphatic heterocycles. The lowest BCUT2D eigenvalue weighted by Gasteiger charge is -2.12. The largest absolute Gasteiger partial charge is 0.478 e. The number of aromatic nitrogens is 3. The van der Waals surface area contributed by atoms with Gasteiger partial charge in [0, 0.05) is 13.0 Å². The minimum absolute atomic E-state index is 0.199. The smallest absolute Gasteiger partial charge is 0.335 e. The van der Waals surface area contributed by atoms with E-state index in [2.05, 4.69) is 45.8 Å². The van der Waals surface area contributed by atoms with Crippen molar-refractivity contribution >= 4 is 28.3 Å². The molecule has 6 rings (SSSR count). The number of carbonyl (C=O) groups excluding carboxylic acids is 1. The van der Waals surface area contributed by atoms with Crippen molar-refractivity contribution in [1.29, 1.82) is 0 Å². The molecule has 0 saturated heterocycles. The molecular weight excluding hydrogens is 488 g/mol. The van der Waals surface area contributed by atoms with Gasteiger partial charge in [0.2, 0.25) is 0 Å². The van der Waals surface area contributed by atoms with Crippen molar-refractivity contribution < 1.29 is 14.7 Å². The lowest BCUT2D eigenvalue weighted by molar-refractivity contribution is 0.0696. The zero-order valence-electron chi connectivity index (χ0n) is 20.9. The van der Waals surface area contributed by atoms with Gasteiger partial charge in [0.05, 0.1) is 5.56 Å². The third-order valence-corrected chi connectivity index (χ3v) is 6.74. The van der Waals surface area contributed by atoms with Gasteiger partial charge in [-0.05, 0) is 57.3 Å². The number of hydrogen-bond acceptors (Lipinski definition) is 4. The Morgan fingerprint density at radius 3 is 2.21 bits per heavy atom. The van der Waals surface area contributed by atoms with E-state index in [1.807, 2.05) is 59.0 Å². The number of benzene rings is 4. The zero-order valence-corrected chi connectivity index (χ0v) is 20.9. The Kier molecular flexibility index (Phi) is 6.31. The van der Waals surface area contributed by atoms with Gasteiger partial charge in [-0.1, -0.05) is 84.9 Å². The number of pyridine rings is 1. The third kappa shape index (κ3) is 4.98. The van der Waals surface area contributed by atoms with Gasteiger partial charge in [0.25, 0.3) is 5.91 Å². The van der Waals surface area contributed by atoms with Crippen molar-refractivity contribution in [3.8, 4) is 11.1 Å². The second kappa shape index (κ2) is 10.2. The molecule has 0 fully saturated rings. The van der Waals surface area contributed by atoms with Crippen molar-refractivity contribution in [2.75, 3.05) is 0 Å². The van der Waals surface area contributed by atoms with Gasteiger partial charge in [-0.3, -0.25) is 9.20 Å². The summed E-state index contributed by atoms with van der Waals surface area (Å²) < 4.78 is 1.81. The molecule has 0 spiro atoms. The molecule has 0 saturated carbocycles. The number of hydrogen-bond donors (Lipinski definition) is 2. The highest BCUT2D eigenvalue weighted by Gasteiger charge is 2.18. The lowest BCUT2D eigenvalue weighted by atomic mass is 10.0. The first-order chi connectivity index (χ1) is 19.0. The Labute approximate surface area is 224 Å². The van der Waals surface area contributed by atoms with Gasteiger partial charge in [0.1, 0.15) is 11.5 Å². The normalized spacial score (nSPS) is 11.1. The second-order valence-corrected chi connectivity index (χ2v) is 9.35. The molecule has 7 nitrogen and oxygen atoms in total. The highest BCUT2D eigenvalue weighted by atomic mass is 16.4. The molecule has 7 heteroatoms. The van der Waals surface area contributed by atoms with Gasteiger partial charge in [-0.25, -0.2) is 4.79 Å². The summed E-state index contributed by atoms with van der Waals surface area (Å²) >= 11 is 0. The molecule has 2 N–H and O–H groups in total. The first kappa shape index (κ1) is 24.1. The van der Waals surface area contributed by atoms with Crippen molar-refractivity contribution in [2.24, 2.45) is 0 Å². The summed E-state index contributed by atoms with van der Waals surface area (Å²) in [6.07, 6.45) is 0.508. The molecule has 1 amide bonds. The molecule has 0 unspecified atom stereocenters. The zero-order chi connectivity index (χ0) is 26.8. The van der Waals surface area contributed by atoms with Crippen LogP contribution < -0.4 is 5.32 Å². The minimum Gasteiger partial charge on any atom is -0.478 e. The minimum atomic E-state index is -0.989. The van der Waals surface area contributed by atoms with E-state index >= 15 is 0 Å². The summed E-state index contributed by atoms with van der Waals surface area (Å²) in [6, 6.07) is 34.6. The Hall–Kier alpha value is -5.30. The number of carbonyl (C=O) groups is 2. The van der Waals surface area contributed by atoms with Crippen LogP contribution in [0, 0.1) is 0 Å². The molecule has 2 heterocycles. The Morgan fingerprint density at radius 2 is 1.44 bits per heavy atom. The number of carboxylic acids is 1. The molecule has 6 aromatic rings. The fourth-order valence-electron chi connectivity index (χ4n) is 4.73. The maximum absolute atomic E-state index is 13.6. The van der Waals surface area contributed by atoms with Crippen LogP contribution in [0.4, 0.5) is 0 Å². The quantitative estimate of drug-likeness (QED) is 0.283. The molecule has 190 valence electrons. The van der Waals surface area contributed by atoms with Crippen molar-refractivity contribution in [3.05, 3.63) is 137 Å². The maximum atomic E-state index is 13.6. The number of nitrogens with one attached hydrogen (secondary N) is 1. The van der Waals surface area contributed by atoms with E-state index in [1.165, 1.54) is 12.1 Å². The molecule has 39 heavy (non-hydrogen) atoms. The first-order valence-corrected chi connectivity index (χ1v) is 12.6. The predicted molar refractivity (Wildman–Crippen MR) is 150 cm³/mol. The van der Waals surface area contributed by atoms with E-state index in [9.17, 15) is 9.59 Å². The summed E-state index contributed by atoms with van der Waals surface area (Å²) in [4.78, 5) is 24.7. The second-order valence-electron chi connectivity index (χ2n) is 9.35. The third-order valence-electron chi connectivity index (χ3n) is 6.74. The number of fused-ring (bicyclic) bond motifs is 2. The summed E-state index contributed by atoms with van der Waals surface area (Å²) in [5, 5.41) is 23.3. The van der Waals surface area contributed by atoms with Crippen molar-refractivity contribution in [2.45, 2.75) is 13.0 Å². The molecule has 0 aliphatic carbocycles. The maximum Gasteiger partial charge on any atom is 0.335 e. The molecule has 0 radical (unpaired) electrons. The predicted octanol–water partition coefficient (Wildman–Crippen LogP) is 5.77. The van der Waals surface area contributed by atoms with Crippen LogP contribution in [0.3, 0.4) is 0 Å². The fraction of sp³-hybridized carbons (Fsp3) is 0.0625. The van der Waals surface area contributed by atoms with Gasteiger partial charge in [0.15, 0.2) is 5.65 Å². The first-order valence-electron chi connectivity index (χ1n) is 12.6. The molecule has 0 aliphatic rings. The van der Waals surface area contributed by atoms with E-state index < -0.39 is 5.97 Å². The fourth-order valence-corrected chi connectivity index (χ4v) is 4.73. The average molecular weight is 513 g/mol. The van der Waals surface area contributed by atoms with Crippen LogP contribution in [0.15, 0.2) is 109 Å². The number of nitrogens with zero attached hydrogens (tertiary/aromatic N) is 3. The summed E-state index contributed by atoms with van der Waals surface area (Å²) in [5.74, 6) is -0.604. The van der Waals surface area contributed by atoms with Crippen LogP contribution in [0.5, 0.6) is 0 Å². The van der Waals surface area contributed by atoms with E-state index in [-0.39, 0.29) is 18.0 Å². The van der Waals surface area contributed by atoms with E-state index in [0.717, 1.165) is 33.0 Å².